The van der Waals surface area contributed by atoms with E-state index < -0.39 is 35.7 Å². The molecule has 0 aliphatic carbocycles. The third-order valence-electron chi connectivity index (χ3n) is 6.55. The molecule has 1 aromatic carbocycles. The number of carbonyl (C=O) groups excluding carboxylic acids is 3. The highest BCUT2D eigenvalue weighted by Crippen LogP contribution is 2.35. The molecular formula is C27H30ClF2N5O4. The van der Waals surface area contributed by atoms with Crippen LogP contribution in [0, 0.1) is 11.6 Å². The van der Waals surface area contributed by atoms with E-state index in [2.05, 4.69) is 26.6 Å². The Kier molecular flexibility index (Phi) is 10.1. The third kappa shape index (κ3) is 6.79. The standard InChI is InChI=1S/C27H29F2N5O4.ClH/c1-17-23(25(35)38-2)24(19-7-8-20(28)21(29)16-19)34(27(37)32-17)26(36)31-12-5-13-33-14-9-18(10-15-33)22-6-3-4-11-30-22;/h3-4,6-9,11,16,24H,5,10,12-15H2,1-2H3,(H,31,36)(H,32,37);1H. The lowest BCUT2D eigenvalue weighted by Crippen LogP contribution is -2.54. The molecule has 2 aliphatic heterocycles. The van der Waals surface area contributed by atoms with E-state index >= 15 is 0 Å². The predicted octanol–water partition coefficient (Wildman–Crippen LogP) is 4.18. The van der Waals surface area contributed by atoms with Crippen molar-refractivity contribution in [3.8, 4) is 0 Å². The maximum Gasteiger partial charge on any atom is 0.337 e. The van der Waals surface area contributed by atoms with E-state index in [0.717, 1.165) is 55.9 Å². The van der Waals surface area contributed by atoms with Crippen molar-refractivity contribution in [2.45, 2.75) is 25.8 Å². The van der Waals surface area contributed by atoms with Crippen LogP contribution in [0.2, 0.25) is 0 Å². The van der Waals surface area contributed by atoms with Crippen LogP contribution in [0.25, 0.3) is 5.57 Å². The zero-order valence-electron chi connectivity index (χ0n) is 21.6. The first-order chi connectivity index (χ1) is 18.3. The van der Waals surface area contributed by atoms with Crippen molar-refractivity contribution in [3.63, 3.8) is 0 Å². The second-order valence-corrected chi connectivity index (χ2v) is 8.99. The van der Waals surface area contributed by atoms with E-state index in [-0.39, 0.29) is 35.8 Å². The van der Waals surface area contributed by atoms with Gasteiger partial charge in [0, 0.05) is 38.1 Å². The maximum atomic E-state index is 14.1. The highest BCUT2D eigenvalue weighted by Gasteiger charge is 2.42. The van der Waals surface area contributed by atoms with E-state index in [9.17, 15) is 23.2 Å². The monoisotopic (exact) mass is 561 g/mol. The Morgan fingerprint density at radius 2 is 2.00 bits per heavy atom. The molecule has 2 N–H and O–H groups in total. The van der Waals surface area contributed by atoms with Crippen molar-refractivity contribution in [2.75, 3.05) is 33.3 Å². The van der Waals surface area contributed by atoms with Crippen LogP contribution in [0.4, 0.5) is 18.4 Å². The Labute approximate surface area is 231 Å². The Morgan fingerprint density at radius 1 is 1.21 bits per heavy atom. The number of esters is 1. The fourth-order valence-electron chi connectivity index (χ4n) is 4.60. The van der Waals surface area contributed by atoms with E-state index in [1.54, 1.807) is 6.20 Å². The van der Waals surface area contributed by atoms with Crippen molar-refractivity contribution < 1.29 is 27.9 Å². The van der Waals surface area contributed by atoms with Gasteiger partial charge in [-0.2, -0.15) is 0 Å². The highest BCUT2D eigenvalue weighted by atomic mass is 35.5. The van der Waals surface area contributed by atoms with Crippen LogP contribution in [0.5, 0.6) is 0 Å². The second-order valence-electron chi connectivity index (χ2n) is 8.99. The fourth-order valence-corrected chi connectivity index (χ4v) is 4.60. The molecule has 3 heterocycles. The molecule has 12 heteroatoms. The highest BCUT2D eigenvalue weighted by molar-refractivity contribution is 6.01. The number of rotatable bonds is 7. The molecule has 1 unspecified atom stereocenters. The predicted molar refractivity (Wildman–Crippen MR) is 143 cm³/mol. The molecule has 1 atom stereocenters. The van der Waals surface area contributed by atoms with Crippen LogP contribution >= 0.6 is 12.4 Å². The van der Waals surface area contributed by atoms with Crippen molar-refractivity contribution in [1.29, 1.82) is 0 Å². The minimum atomic E-state index is -1.30. The van der Waals surface area contributed by atoms with Gasteiger partial charge in [-0.3, -0.25) is 9.88 Å². The average molecular weight is 562 g/mol. The molecule has 2 aromatic rings. The molecule has 9 nitrogen and oxygen atoms in total. The Hall–Kier alpha value is -3.83. The first-order valence-electron chi connectivity index (χ1n) is 12.2. The van der Waals surface area contributed by atoms with E-state index in [1.165, 1.54) is 18.6 Å². The summed E-state index contributed by atoms with van der Waals surface area (Å²) in [7, 11) is 1.15. The van der Waals surface area contributed by atoms with Gasteiger partial charge < -0.3 is 15.4 Å². The normalized spacial score (nSPS) is 17.6. The number of carbonyl (C=O) groups is 3. The zero-order chi connectivity index (χ0) is 27.2. The minimum absolute atomic E-state index is 0. The van der Waals surface area contributed by atoms with Gasteiger partial charge in [0.2, 0.25) is 0 Å². The summed E-state index contributed by atoms with van der Waals surface area (Å²) >= 11 is 0. The van der Waals surface area contributed by atoms with Crippen LogP contribution in [0.1, 0.15) is 37.1 Å². The number of imide groups is 1. The number of aromatic nitrogens is 1. The number of allylic oxidation sites excluding steroid dienone is 1. The molecule has 0 spiro atoms. The molecule has 0 fully saturated rings. The molecule has 0 saturated heterocycles. The number of benzene rings is 1. The largest absolute Gasteiger partial charge is 0.466 e. The van der Waals surface area contributed by atoms with Gasteiger partial charge in [0.05, 0.1) is 18.4 Å². The van der Waals surface area contributed by atoms with Gasteiger partial charge in [0.1, 0.15) is 6.04 Å². The van der Waals surface area contributed by atoms with E-state index in [4.69, 9.17) is 4.74 Å². The molecule has 4 amide bonds. The lowest BCUT2D eigenvalue weighted by atomic mass is 9.94. The van der Waals surface area contributed by atoms with Gasteiger partial charge in [-0.05, 0) is 55.2 Å². The molecular weight excluding hydrogens is 532 g/mol. The van der Waals surface area contributed by atoms with Gasteiger partial charge in [-0.25, -0.2) is 28.1 Å². The summed E-state index contributed by atoms with van der Waals surface area (Å²) < 4.78 is 32.5. The summed E-state index contributed by atoms with van der Waals surface area (Å²) in [6.45, 7) is 4.07. The number of methoxy groups -OCH3 is 1. The Bertz CT molecular complexity index is 1290. The third-order valence-corrected chi connectivity index (χ3v) is 6.55. The van der Waals surface area contributed by atoms with Crippen LogP contribution in [-0.2, 0) is 9.53 Å². The van der Waals surface area contributed by atoms with Crippen molar-refractivity contribution in [2.24, 2.45) is 0 Å². The number of nitrogens with one attached hydrogen (secondary N) is 2. The van der Waals surface area contributed by atoms with Crippen molar-refractivity contribution >= 4 is 36.0 Å². The van der Waals surface area contributed by atoms with Crippen molar-refractivity contribution in [3.05, 3.63) is 82.8 Å². The lowest BCUT2D eigenvalue weighted by molar-refractivity contribution is -0.136. The molecule has 2 aliphatic rings. The van der Waals surface area contributed by atoms with Crippen LogP contribution < -0.4 is 10.6 Å². The first-order valence-corrected chi connectivity index (χ1v) is 12.2. The smallest absolute Gasteiger partial charge is 0.337 e. The topological polar surface area (TPSA) is 104 Å². The molecule has 0 bridgehead atoms. The van der Waals surface area contributed by atoms with Crippen LogP contribution in [-0.4, -0.2) is 66.1 Å². The first kappa shape index (κ1) is 29.7. The number of nitrogens with zero attached hydrogens (tertiary/aromatic N) is 3. The SMILES string of the molecule is COC(=O)C1=C(C)NC(=O)N(C(=O)NCCCN2CC=C(c3ccccn3)CC2)C1c1ccc(F)c(F)c1.Cl. The summed E-state index contributed by atoms with van der Waals surface area (Å²) in [5, 5.41) is 5.18. The number of amides is 4. The summed E-state index contributed by atoms with van der Waals surface area (Å²) in [5.41, 5.74) is 2.34. The number of hydrogen-bond donors (Lipinski definition) is 2. The van der Waals surface area contributed by atoms with Gasteiger partial charge in [0.25, 0.3) is 0 Å². The molecule has 39 heavy (non-hydrogen) atoms. The van der Waals surface area contributed by atoms with Crippen molar-refractivity contribution in [1.82, 2.24) is 25.4 Å². The molecule has 0 radical (unpaired) electrons. The summed E-state index contributed by atoms with van der Waals surface area (Å²) in [5.74, 6) is -3.07. The maximum absolute atomic E-state index is 14.1. The summed E-state index contributed by atoms with van der Waals surface area (Å²) in [4.78, 5) is 46.0. The lowest BCUT2D eigenvalue weighted by Gasteiger charge is -2.36. The van der Waals surface area contributed by atoms with Gasteiger partial charge in [-0.1, -0.05) is 18.2 Å². The molecule has 4 rings (SSSR count). The molecule has 0 saturated carbocycles. The van der Waals surface area contributed by atoms with E-state index in [1.807, 2.05) is 18.2 Å². The number of urea groups is 2. The summed E-state index contributed by atoms with van der Waals surface area (Å²) in [6, 6.07) is 5.92. The Morgan fingerprint density at radius 3 is 2.64 bits per heavy atom. The zero-order valence-corrected chi connectivity index (χ0v) is 22.4. The second kappa shape index (κ2) is 13.3. The number of halogens is 3. The minimum Gasteiger partial charge on any atom is -0.466 e. The number of ether oxygens (including phenoxy) is 1. The molecule has 208 valence electrons. The number of hydrogen-bond acceptors (Lipinski definition) is 6. The van der Waals surface area contributed by atoms with Crippen LogP contribution in [0.15, 0.2) is 59.9 Å². The summed E-state index contributed by atoms with van der Waals surface area (Å²) in [6.07, 6.45) is 5.41. The van der Waals surface area contributed by atoms with Gasteiger partial charge in [-0.15, -0.1) is 12.4 Å². The quantitative estimate of drug-likeness (QED) is 0.388. The number of pyridine rings is 1. The van der Waals surface area contributed by atoms with E-state index in [0.29, 0.717) is 6.42 Å². The van der Waals surface area contributed by atoms with Gasteiger partial charge in [0.15, 0.2) is 11.6 Å². The van der Waals surface area contributed by atoms with Gasteiger partial charge >= 0.3 is 18.0 Å². The fraction of sp³-hybridized carbons (Fsp3) is 0.333. The van der Waals surface area contributed by atoms with Crippen LogP contribution in [0.3, 0.4) is 0 Å². The molecule has 1 aromatic heterocycles. The Balaban J connectivity index is 0.00000420. The average Bonchev–Trinajstić information content (AvgIpc) is 2.92.